The van der Waals surface area contributed by atoms with Gasteiger partial charge in [0.2, 0.25) is 0 Å². The quantitative estimate of drug-likeness (QED) is 0.0172. The molecule has 0 aliphatic carbocycles. The van der Waals surface area contributed by atoms with E-state index < -0.39 is 86.7 Å². The Kier molecular flexibility index (Phi) is 46.4. The minimum absolute atomic E-state index is 0.0541. The Hall–Kier alpha value is -2.31. The third-order valence-electron chi connectivity index (χ3n) is 14.8. The van der Waals surface area contributed by atoms with Gasteiger partial charge in [-0.15, -0.1) is 0 Å². The molecule has 0 spiro atoms. The zero-order valence-electron chi connectivity index (χ0n) is 48.9. The molecule has 0 amide bonds. The van der Waals surface area contributed by atoms with E-state index in [1.165, 1.54) is 128 Å². The van der Waals surface area contributed by atoms with Gasteiger partial charge < -0.3 is 64.2 Å². The van der Waals surface area contributed by atoms with Crippen LogP contribution in [0.3, 0.4) is 0 Å². The number of ether oxygens (including phenoxy) is 6. The van der Waals surface area contributed by atoms with E-state index in [0.29, 0.717) is 13.0 Å². The molecule has 0 radical (unpaired) electrons. The van der Waals surface area contributed by atoms with Crippen LogP contribution in [0.5, 0.6) is 0 Å². The average molecular weight is 1110 g/mol. The molecule has 0 aromatic carbocycles. The summed E-state index contributed by atoms with van der Waals surface area (Å²) in [6.07, 6.45) is 47.1. The second-order valence-corrected chi connectivity index (χ2v) is 21.9. The van der Waals surface area contributed by atoms with Crippen LogP contribution in [0.2, 0.25) is 0 Å². The number of hydrogen-bond donors (Lipinski definition) is 7. The molecule has 7 N–H and O–H groups in total. The number of rotatable bonds is 51. The summed E-state index contributed by atoms with van der Waals surface area (Å²) in [7, 11) is 0. The Morgan fingerprint density at radius 2 is 0.833 bits per heavy atom. The van der Waals surface area contributed by atoms with E-state index in [0.717, 1.165) is 83.5 Å². The highest BCUT2D eigenvalue weighted by molar-refractivity contribution is 5.69. The summed E-state index contributed by atoms with van der Waals surface area (Å²) in [6.45, 7) is 3.59. The summed E-state index contributed by atoms with van der Waals surface area (Å²) >= 11 is 0. The Balaban J connectivity index is 1.69. The van der Waals surface area contributed by atoms with Gasteiger partial charge in [0.1, 0.15) is 54.9 Å². The van der Waals surface area contributed by atoms with E-state index in [4.69, 9.17) is 28.4 Å². The van der Waals surface area contributed by atoms with Crippen LogP contribution in [0.4, 0.5) is 0 Å². The van der Waals surface area contributed by atoms with Crippen LogP contribution >= 0.6 is 0 Å². The maximum Gasteiger partial charge on any atom is 0.306 e. The summed E-state index contributed by atoms with van der Waals surface area (Å²) in [5.74, 6) is -0.392. The fourth-order valence-electron chi connectivity index (χ4n) is 9.78. The van der Waals surface area contributed by atoms with Crippen molar-refractivity contribution in [3.05, 3.63) is 60.8 Å². The van der Waals surface area contributed by atoms with E-state index in [2.05, 4.69) is 74.6 Å². The standard InChI is InChI=1S/C64H114O14/c1-3-5-7-9-11-13-15-17-19-21-23-25-26-28-30-32-34-36-38-40-42-44-46-48-73-50-53(51-74-63-62(72)60(70)58(68)55(78-63)52-75-64-61(71)59(69)57(67)54(49-65)77-64)76-56(66)47-45-43-41-39-37-35-33-31-29-27-24-22-20-18-16-14-12-10-8-6-4-2/h6,8,12,14,18,20,24,27,31,33,53-55,57-65,67-72H,3-5,7,9-11,13,15-17,19,21-23,25-26,28-30,32,34-52H2,1-2H3/b8-6-,14-12-,20-18-,27-24-,33-31-. The number of carbonyl (C=O) groups is 1. The molecular formula is C64H114O14. The van der Waals surface area contributed by atoms with Gasteiger partial charge in [-0.2, -0.15) is 0 Å². The molecule has 2 fully saturated rings. The molecule has 14 heteroatoms. The van der Waals surface area contributed by atoms with Gasteiger partial charge in [-0.3, -0.25) is 4.79 Å². The lowest BCUT2D eigenvalue weighted by Gasteiger charge is -2.42. The number of carbonyl (C=O) groups excluding carboxylic acids is 1. The van der Waals surface area contributed by atoms with Crippen molar-refractivity contribution < 1.29 is 69.0 Å². The highest BCUT2D eigenvalue weighted by Gasteiger charge is 2.47. The van der Waals surface area contributed by atoms with Crippen LogP contribution in [0, 0.1) is 0 Å². The Bertz CT molecular complexity index is 1520. The van der Waals surface area contributed by atoms with E-state index in [1.54, 1.807) is 0 Å². The molecule has 2 heterocycles. The average Bonchev–Trinajstić information content (AvgIpc) is 3.45. The van der Waals surface area contributed by atoms with Crippen molar-refractivity contribution in [2.75, 3.05) is 33.0 Å². The largest absolute Gasteiger partial charge is 0.457 e. The first-order valence-corrected chi connectivity index (χ1v) is 31.4. The molecule has 454 valence electrons. The van der Waals surface area contributed by atoms with Crippen molar-refractivity contribution >= 4 is 5.97 Å². The van der Waals surface area contributed by atoms with E-state index in [9.17, 15) is 40.5 Å². The van der Waals surface area contributed by atoms with Crippen LogP contribution in [-0.4, -0.2) is 142 Å². The molecule has 2 rings (SSSR count). The lowest BCUT2D eigenvalue weighted by molar-refractivity contribution is -0.332. The Morgan fingerprint density at radius 3 is 1.31 bits per heavy atom. The van der Waals surface area contributed by atoms with Gasteiger partial charge in [-0.25, -0.2) is 0 Å². The number of aliphatic hydroxyl groups is 7. The van der Waals surface area contributed by atoms with Crippen molar-refractivity contribution in [1.29, 1.82) is 0 Å². The van der Waals surface area contributed by atoms with Crippen molar-refractivity contribution in [1.82, 2.24) is 0 Å². The highest BCUT2D eigenvalue weighted by atomic mass is 16.7. The smallest absolute Gasteiger partial charge is 0.306 e. The summed E-state index contributed by atoms with van der Waals surface area (Å²) in [4.78, 5) is 13.1. The zero-order valence-corrected chi connectivity index (χ0v) is 48.9. The first-order chi connectivity index (χ1) is 38.1. The van der Waals surface area contributed by atoms with E-state index >= 15 is 0 Å². The summed E-state index contributed by atoms with van der Waals surface area (Å²) in [5.41, 5.74) is 0. The van der Waals surface area contributed by atoms with Crippen molar-refractivity contribution in [3.63, 3.8) is 0 Å². The summed E-state index contributed by atoms with van der Waals surface area (Å²) in [6, 6.07) is 0. The molecule has 14 nitrogen and oxygen atoms in total. The zero-order chi connectivity index (χ0) is 56.5. The molecular weight excluding hydrogens is 993 g/mol. The molecule has 78 heavy (non-hydrogen) atoms. The molecule has 2 saturated heterocycles. The second kappa shape index (κ2) is 50.4. The lowest BCUT2D eigenvalue weighted by Crippen LogP contribution is -2.61. The molecule has 11 unspecified atom stereocenters. The van der Waals surface area contributed by atoms with Gasteiger partial charge in [-0.1, -0.05) is 235 Å². The fourth-order valence-corrected chi connectivity index (χ4v) is 9.78. The van der Waals surface area contributed by atoms with E-state index in [-0.39, 0.29) is 19.6 Å². The van der Waals surface area contributed by atoms with Gasteiger partial charge in [0.15, 0.2) is 12.6 Å². The van der Waals surface area contributed by atoms with Crippen LogP contribution in [0.25, 0.3) is 0 Å². The maximum atomic E-state index is 13.1. The molecule has 11 atom stereocenters. The topological polar surface area (TPSA) is 214 Å². The highest BCUT2D eigenvalue weighted by Crippen LogP contribution is 2.27. The van der Waals surface area contributed by atoms with Crippen LogP contribution in [0.1, 0.15) is 239 Å². The number of allylic oxidation sites excluding steroid dienone is 10. The van der Waals surface area contributed by atoms with Gasteiger partial charge in [0.25, 0.3) is 0 Å². The maximum absolute atomic E-state index is 13.1. The number of hydrogen-bond acceptors (Lipinski definition) is 14. The molecule has 2 aliphatic heterocycles. The normalized spacial score (nSPS) is 24.5. The fraction of sp³-hybridized carbons (Fsp3) is 0.828. The first kappa shape index (κ1) is 71.8. The third-order valence-corrected chi connectivity index (χ3v) is 14.8. The third kappa shape index (κ3) is 36.2. The summed E-state index contributed by atoms with van der Waals surface area (Å²) < 4.78 is 34.5. The number of unbranched alkanes of at least 4 members (excludes halogenated alkanes) is 27. The lowest BCUT2D eigenvalue weighted by atomic mass is 9.98. The SMILES string of the molecule is CC/C=C\C/C=C\C/C=C\C/C=C\C/C=C\CCCCCCCC(=O)OC(COCCCCCCCCCCCCCCCCCCCCCCCCC)COC1OC(COC2OC(CO)C(O)C(O)C2O)C(O)C(O)C1O. The van der Waals surface area contributed by atoms with E-state index in [1.807, 2.05) is 0 Å². The minimum atomic E-state index is -1.71. The molecule has 0 saturated carbocycles. The van der Waals surface area contributed by atoms with Gasteiger partial charge in [0, 0.05) is 13.0 Å². The predicted molar refractivity (Wildman–Crippen MR) is 312 cm³/mol. The van der Waals surface area contributed by atoms with Gasteiger partial charge in [0.05, 0.1) is 26.4 Å². The van der Waals surface area contributed by atoms with Crippen LogP contribution < -0.4 is 0 Å². The molecule has 0 aromatic rings. The van der Waals surface area contributed by atoms with Gasteiger partial charge in [-0.05, 0) is 57.8 Å². The second-order valence-electron chi connectivity index (χ2n) is 21.9. The molecule has 2 aliphatic rings. The monoisotopic (exact) mass is 1110 g/mol. The van der Waals surface area contributed by atoms with Gasteiger partial charge >= 0.3 is 5.97 Å². The van der Waals surface area contributed by atoms with Crippen molar-refractivity contribution in [3.8, 4) is 0 Å². The van der Waals surface area contributed by atoms with Crippen molar-refractivity contribution in [2.45, 2.75) is 306 Å². The van der Waals surface area contributed by atoms with Crippen LogP contribution in [-0.2, 0) is 33.2 Å². The summed E-state index contributed by atoms with van der Waals surface area (Å²) in [5, 5.41) is 72.5. The number of aliphatic hydroxyl groups excluding tert-OH is 7. The molecule has 0 aromatic heterocycles. The minimum Gasteiger partial charge on any atom is -0.457 e. The Morgan fingerprint density at radius 1 is 0.436 bits per heavy atom. The van der Waals surface area contributed by atoms with Crippen molar-refractivity contribution in [2.24, 2.45) is 0 Å². The molecule has 0 bridgehead atoms. The Labute approximate surface area is 473 Å². The first-order valence-electron chi connectivity index (χ1n) is 31.4. The number of esters is 1. The predicted octanol–water partition coefficient (Wildman–Crippen LogP) is 12.0. The van der Waals surface area contributed by atoms with Crippen LogP contribution in [0.15, 0.2) is 60.8 Å².